The van der Waals surface area contributed by atoms with Crippen molar-refractivity contribution < 1.29 is 27.0 Å². The van der Waals surface area contributed by atoms with Crippen LogP contribution in [0, 0.1) is 17.3 Å². The fourth-order valence-corrected chi connectivity index (χ4v) is 6.27. The van der Waals surface area contributed by atoms with Crippen molar-refractivity contribution in [3.05, 3.63) is 34.4 Å². The van der Waals surface area contributed by atoms with E-state index in [4.69, 9.17) is 11.6 Å². The molecular weight excluding hydrogens is 480 g/mol. The van der Waals surface area contributed by atoms with Crippen molar-refractivity contribution in [1.82, 2.24) is 10.2 Å². The lowest BCUT2D eigenvalue weighted by Gasteiger charge is -2.49. The van der Waals surface area contributed by atoms with Gasteiger partial charge in [-0.15, -0.1) is 0 Å². The second-order valence-corrected chi connectivity index (χ2v) is 11.3. The molecule has 0 amide bonds. The molecule has 0 bridgehead atoms. The molecule has 0 aromatic rings. The molecule has 2 aliphatic carbocycles. The second-order valence-electron chi connectivity index (χ2n) is 10.8. The summed E-state index contributed by atoms with van der Waals surface area (Å²) in [5.74, 6) is 1.61. The molecule has 1 heterocycles. The van der Waals surface area contributed by atoms with Gasteiger partial charge in [0.15, 0.2) is 0 Å². The van der Waals surface area contributed by atoms with E-state index in [0.717, 1.165) is 49.2 Å². The van der Waals surface area contributed by atoms with Crippen molar-refractivity contribution in [3.8, 4) is 0 Å². The predicted molar refractivity (Wildman–Crippen MR) is 155 cm³/mol. The number of piperidine rings is 1. The first-order chi connectivity index (χ1) is 14.9. The normalized spacial score (nSPS) is 24.1. The number of allylic oxidation sites excluding steroid dienone is 3. The lowest BCUT2D eigenvalue weighted by atomic mass is 9.65. The molecule has 0 spiro atoms. The third kappa shape index (κ3) is 11.7. The average Bonchev–Trinajstić information content (AvgIpc) is 2.76. The van der Waals surface area contributed by atoms with E-state index < -0.39 is 0 Å². The Labute approximate surface area is 225 Å². The van der Waals surface area contributed by atoms with Crippen LogP contribution >= 0.6 is 11.6 Å². The summed E-state index contributed by atoms with van der Waals surface area (Å²) in [5.41, 5.74) is 2.88. The highest BCUT2D eigenvalue weighted by Crippen LogP contribution is 2.44. The number of unbranched alkanes of at least 4 members (excludes halogenated alkanes) is 1. The van der Waals surface area contributed by atoms with Gasteiger partial charge in [-0.25, -0.2) is 0 Å². The molecule has 3 atom stereocenters. The van der Waals surface area contributed by atoms with Crippen molar-refractivity contribution in [2.45, 2.75) is 92.0 Å². The molecule has 0 radical (unpaired) electrons. The highest BCUT2D eigenvalue weighted by molar-refractivity contribution is 6.29. The van der Waals surface area contributed by atoms with E-state index >= 15 is 0 Å². The molecule has 3 aliphatic rings. The van der Waals surface area contributed by atoms with E-state index in [1.165, 1.54) is 62.8 Å². The van der Waals surface area contributed by atoms with Gasteiger partial charge in [-0.1, -0.05) is 70.9 Å². The lowest BCUT2D eigenvalue weighted by Crippen LogP contribution is -2.52. The molecule has 0 saturated carbocycles. The van der Waals surface area contributed by atoms with Crippen LogP contribution in [0.5, 0.6) is 0 Å². The second kappa shape index (κ2) is 19.3. The first-order valence-electron chi connectivity index (χ1n) is 12.7. The Hall–Kier alpha value is -0.770. The van der Waals surface area contributed by atoms with Crippen LogP contribution in [0.2, 0.25) is 0 Å². The monoisotopic (exact) mass is 536 g/mol. The number of likely N-dealkylation sites (tertiary alicyclic amines) is 1. The number of rotatable bonds is 10. The Bertz CT molecular complexity index is 681. The van der Waals surface area contributed by atoms with E-state index in [1.807, 2.05) is 0 Å². The minimum Gasteiger partial charge on any atom is -0.412 e. The highest BCUT2D eigenvalue weighted by Gasteiger charge is 2.40. The smallest absolute Gasteiger partial charge is 0.0645 e. The zero-order chi connectivity index (χ0) is 22.3. The Morgan fingerprint density at radius 2 is 1.86 bits per heavy atom. The topological polar surface area (TPSA) is 162 Å². The first kappa shape index (κ1) is 39.7. The number of hydrogen-bond donors (Lipinski definition) is 2. The van der Waals surface area contributed by atoms with Crippen LogP contribution in [0.25, 0.3) is 0 Å². The minimum atomic E-state index is 0. The van der Waals surface area contributed by atoms with Crippen molar-refractivity contribution >= 4 is 11.6 Å². The van der Waals surface area contributed by atoms with Crippen molar-refractivity contribution in [1.29, 1.82) is 0 Å². The van der Waals surface area contributed by atoms with Crippen LogP contribution in [0.3, 0.4) is 0 Å². The van der Waals surface area contributed by atoms with Crippen LogP contribution in [0.4, 0.5) is 0 Å². The van der Waals surface area contributed by atoms with Gasteiger partial charge < -0.3 is 37.2 Å². The number of halogens is 1. The number of aliphatic hydroxyl groups excluding tert-OH is 1. The standard InChI is InChI=1S/C27H45ClN2O.CH4.4H2O/c1-4-5-9-25(29-17-21-7-6-8-22(16-21)19-31)18-30-15-14-26(27(2,3)20-30)23-10-12-24(28)13-11-23;;;;;/h7,12,16,23,25-26,29,31H,4-6,8-11,13-15,17-20H2,1-3H3;1H4;4*1H2/t23?,25-,26?;;;;;/m1...../s1. The van der Waals surface area contributed by atoms with E-state index in [9.17, 15) is 5.11 Å². The summed E-state index contributed by atoms with van der Waals surface area (Å²) in [4.78, 5) is 2.72. The molecular formula is C28H57ClN2O5. The summed E-state index contributed by atoms with van der Waals surface area (Å²) in [6.45, 7) is 12.0. The van der Waals surface area contributed by atoms with Gasteiger partial charge in [0.05, 0.1) is 6.61 Å². The molecule has 216 valence electrons. The summed E-state index contributed by atoms with van der Waals surface area (Å²) in [6, 6.07) is 0.539. The maximum Gasteiger partial charge on any atom is 0.0645 e. The average molecular weight is 537 g/mol. The molecule has 8 heteroatoms. The van der Waals surface area contributed by atoms with E-state index in [0.29, 0.717) is 11.5 Å². The predicted octanol–water partition coefficient (Wildman–Crippen LogP) is 3.38. The zero-order valence-electron chi connectivity index (χ0n) is 22.1. The van der Waals surface area contributed by atoms with Crippen molar-refractivity contribution in [2.75, 3.05) is 32.8 Å². The van der Waals surface area contributed by atoms with Gasteiger partial charge in [0.25, 0.3) is 0 Å². The molecule has 1 fully saturated rings. The highest BCUT2D eigenvalue weighted by atomic mass is 35.5. The van der Waals surface area contributed by atoms with Crippen LogP contribution in [0.1, 0.15) is 86.0 Å². The molecule has 3 rings (SSSR count). The largest absolute Gasteiger partial charge is 0.412 e. The zero-order valence-corrected chi connectivity index (χ0v) is 22.9. The van der Waals surface area contributed by atoms with Crippen LogP contribution in [-0.2, 0) is 0 Å². The molecule has 1 saturated heterocycles. The molecule has 0 aromatic heterocycles. The van der Waals surface area contributed by atoms with Crippen LogP contribution < -0.4 is 5.32 Å². The number of nitrogens with zero attached hydrogens (tertiary/aromatic N) is 1. The van der Waals surface area contributed by atoms with Crippen molar-refractivity contribution in [3.63, 3.8) is 0 Å². The van der Waals surface area contributed by atoms with Gasteiger partial charge in [-0.3, -0.25) is 0 Å². The molecule has 2 unspecified atom stereocenters. The fourth-order valence-electron chi connectivity index (χ4n) is 6.07. The van der Waals surface area contributed by atoms with Gasteiger partial charge >= 0.3 is 0 Å². The summed E-state index contributed by atoms with van der Waals surface area (Å²) in [5, 5.41) is 14.4. The molecule has 7 nitrogen and oxygen atoms in total. The Balaban J connectivity index is -0.00000218. The molecule has 36 heavy (non-hydrogen) atoms. The van der Waals surface area contributed by atoms with E-state index in [1.54, 1.807) is 0 Å². The van der Waals surface area contributed by atoms with Gasteiger partial charge in [0, 0.05) is 30.7 Å². The van der Waals surface area contributed by atoms with Gasteiger partial charge in [-0.05, 0) is 79.9 Å². The Kier molecular flexibility index (Phi) is 21.3. The third-order valence-corrected chi connectivity index (χ3v) is 8.14. The molecule has 1 aliphatic heterocycles. The first-order valence-corrected chi connectivity index (χ1v) is 13.1. The van der Waals surface area contributed by atoms with Crippen LogP contribution in [0.15, 0.2) is 34.4 Å². The molecule has 0 aromatic carbocycles. The van der Waals surface area contributed by atoms with Gasteiger partial charge in [0.2, 0.25) is 0 Å². The van der Waals surface area contributed by atoms with E-state index in [2.05, 4.69) is 49.2 Å². The number of nitrogens with one attached hydrogen (secondary N) is 1. The maximum atomic E-state index is 9.46. The lowest BCUT2D eigenvalue weighted by molar-refractivity contribution is 0.0138. The SMILES string of the molecule is C.CCCC[C@H](CN1CCC(C2CC=C(Cl)CC2)C(C)(C)C1)NCC1=CCCC(CO)=C1.O.O.O.O. The van der Waals surface area contributed by atoms with E-state index in [-0.39, 0.29) is 35.9 Å². The fraction of sp³-hybridized carbons (Fsp3) is 0.786. The van der Waals surface area contributed by atoms with Crippen LogP contribution in [-0.4, -0.2) is 70.7 Å². The molecule has 10 N–H and O–H groups in total. The number of hydrogen-bond acceptors (Lipinski definition) is 3. The minimum absolute atomic E-state index is 0. The Morgan fingerprint density at radius 3 is 2.44 bits per heavy atom. The van der Waals surface area contributed by atoms with Gasteiger partial charge in [0.1, 0.15) is 0 Å². The van der Waals surface area contributed by atoms with Gasteiger partial charge in [-0.2, -0.15) is 0 Å². The Morgan fingerprint density at radius 1 is 1.14 bits per heavy atom. The summed E-state index contributed by atoms with van der Waals surface area (Å²) in [6.07, 6.45) is 17.5. The third-order valence-electron chi connectivity index (χ3n) is 7.80. The number of aliphatic hydroxyl groups is 1. The van der Waals surface area contributed by atoms with Crippen molar-refractivity contribution in [2.24, 2.45) is 17.3 Å². The maximum absolute atomic E-state index is 9.46. The summed E-state index contributed by atoms with van der Waals surface area (Å²) >= 11 is 6.24. The summed E-state index contributed by atoms with van der Waals surface area (Å²) in [7, 11) is 0. The summed E-state index contributed by atoms with van der Waals surface area (Å²) < 4.78 is 0. The quantitative estimate of drug-likeness (QED) is 0.438.